The molecule has 3 N–H and O–H groups in total. The first kappa shape index (κ1) is 12.9. The molecule has 98 valence electrons. The fourth-order valence-electron chi connectivity index (χ4n) is 3.39. The third-order valence-corrected chi connectivity index (χ3v) is 4.40. The SMILES string of the molecule is CN(C)C1(C(NN)C2=COCCC2)CCCC1. The van der Waals surface area contributed by atoms with E-state index in [1.54, 1.807) is 0 Å². The summed E-state index contributed by atoms with van der Waals surface area (Å²) in [5.74, 6) is 5.83. The summed E-state index contributed by atoms with van der Waals surface area (Å²) in [4.78, 5) is 2.35. The Morgan fingerprint density at radius 3 is 2.53 bits per heavy atom. The van der Waals surface area contributed by atoms with Crippen LogP contribution in [0.4, 0.5) is 0 Å². The van der Waals surface area contributed by atoms with Crippen molar-refractivity contribution in [2.24, 2.45) is 5.84 Å². The molecule has 1 heterocycles. The summed E-state index contributed by atoms with van der Waals surface area (Å²) in [6.07, 6.45) is 9.16. The molecule has 0 radical (unpaired) electrons. The molecular weight excluding hydrogens is 214 g/mol. The van der Waals surface area contributed by atoms with E-state index >= 15 is 0 Å². The maximum absolute atomic E-state index is 5.83. The molecule has 0 aromatic carbocycles. The van der Waals surface area contributed by atoms with Gasteiger partial charge in [-0.15, -0.1) is 0 Å². The smallest absolute Gasteiger partial charge is 0.0876 e. The van der Waals surface area contributed by atoms with E-state index in [1.165, 1.54) is 31.3 Å². The van der Waals surface area contributed by atoms with E-state index in [-0.39, 0.29) is 11.6 Å². The van der Waals surface area contributed by atoms with Gasteiger partial charge in [0.25, 0.3) is 0 Å². The lowest BCUT2D eigenvalue weighted by molar-refractivity contribution is 0.111. The quantitative estimate of drug-likeness (QED) is 0.575. The van der Waals surface area contributed by atoms with Crippen molar-refractivity contribution in [1.82, 2.24) is 10.3 Å². The summed E-state index contributed by atoms with van der Waals surface area (Å²) in [7, 11) is 4.33. The Labute approximate surface area is 104 Å². The third-order valence-electron chi connectivity index (χ3n) is 4.40. The maximum atomic E-state index is 5.83. The van der Waals surface area contributed by atoms with Gasteiger partial charge >= 0.3 is 0 Å². The predicted octanol–water partition coefficient (Wildman–Crippen LogP) is 1.39. The van der Waals surface area contributed by atoms with Crippen LogP contribution in [-0.4, -0.2) is 37.2 Å². The van der Waals surface area contributed by atoms with E-state index in [4.69, 9.17) is 10.6 Å². The highest BCUT2D eigenvalue weighted by Gasteiger charge is 2.44. The van der Waals surface area contributed by atoms with E-state index < -0.39 is 0 Å². The number of hydrazine groups is 1. The molecule has 1 saturated carbocycles. The maximum Gasteiger partial charge on any atom is 0.0876 e. The van der Waals surface area contributed by atoms with Crippen molar-refractivity contribution in [1.29, 1.82) is 0 Å². The number of nitrogens with two attached hydrogens (primary N) is 1. The monoisotopic (exact) mass is 239 g/mol. The summed E-state index contributed by atoms with van der Waals surface area (Å²) >= 11 is 0. The minimum Gasteiger partial charge on any atom is -0.501 e. The minimum atomic E-state index is 0.168. The second kappa shape index (κ2) is 5.38. The molecule has 0 spiro atoms. The Kier molecular flexibility index (Phi) is 4.07. The Bertz CT molecular complexity index is 282. The van der Waals surface area contributed by atoms with Crippen molar-refractivity contribution in [2.75, 3.05) is 20.7 Å². The second-order valence-electron chi connectivity index (χ2n) is 5.47. The highest BCUT2D eigenvalue weighted by molar-refractivity contribution is 5.20. The normalized spacial score (nSPS) is 25.5. The molecular formula is C13H25N3O. The number of ether oxygens (including phenoxy) is 1. The average molecular weight is 239 g/mol. The summed E-state index contributed by atoms with van der Waals surface area (Å²) in [5, 5.41) is 0. The van der Waals surface area contributed by atoms with Crippen LogP contribution in [0.25, 0.3) is 0 Å². The fraction of sp³-hybridized carbons (Fsp3) is 0.846. The third kappa shape index (κ3) is 2.34. The Balaban J connectivity index is 2.22. The minimum absolute atomic E-state index is 0.168. The first-order valence-electron chi connectivity index (χ1n) is 6.65. The van der Waals surface area contributed by atoms with Gasteiger partial charge in [-0.05, 0) is 45.4 Å². The number of nitrogens with one attached hydrogen (secondary N) is 1. The van der Waals surface area contributed by atoms with Crippen LogP contribution in [0.2, 0.25) is 0 Å². The van der Waals surface area contributed by atoms with Crippen LogP contribution in [0, 0.1) is 0 Å². The van der Waals surface area contributed by atoms with Gasteiger partial charge in [-0.3, -0.25) is 11.3 Å². The van der Waals surface area contributed by atoms with Gasteiger partial charge in [0.05, 0.1) is 18.9 Å². The first-order chi connectivity index (χ1) is 8.20. The van der Waals surface area contributed by atoms with E-state index in [0.717, 1.165) is 19.4 Å². The zero-order chi connectivity index (χ0) is 12.3. The molecule has 17 heavy (non-hydrogen) atoms. The van der Waals surface area contributed by atoms with Crippen LogP contribution >= 0.6 is 0 Å². The van der Waals surface area contributed by atoms with E-state index in [9.17, 15) is 0 Å². The molecule has 0 bridgehead atoms. The summed E-state index contributed by atoms with van der Waals surface area (Å²) in [5.41, 5.74) is 4.54. The predicted molar refractivity (Wildman–Crippen MR) is 69.3 cm³/mol. The molecule has 0 aromatic heterocycles. The molecule has 1 atom stereocenters. The molecule has 0 aromatic rings. The molecule has 2 aliphatic rings. The Morgan fingerprint density at radius 2 is 2.06 bits per heavy atom. The van der Waals surface area contributed by atoms with Crippen molar-refractivity contribution in [3.63, 3.8) is 0 Å². The number of hydrogen-bond acceptors (Lipinski definition) is 4. The molecule has 1 aliphatic carbocycles. The van der Waals surface area contributed by atoms with E-state index in [0.29, 0.717) is 0 Å². The molecule has 4 nitrogen and oxygen atoms in total. The van der Waals surface area contributed by atoms with Crippen molar-refractivity contribution in [3.05, 3.63) is 11.8 Å². The highest BCUT2D eigenvalue weighted by Crippen LogP contribution is 2.40. The fourth-order valence-corrected chi connectivity index (χ4v) is 3.39. The van der Waals surface area contributed by atoms with Crippen LogP contribution < -0.4 is 11.3 Å². The highest BCUT2D eigenvalue weighted by atomic mass is 16.5. The lowest BCUT2D eigenvalue weighted by atomic mass is 9.81. The van der Waals surface area contributed by atoms with Crippen LogP contribution in [0.1, 0.15) is 38.5 Å². The Hall–Kier alpha value is -0.580. The van der Waals surface area contributed by atoms with Crippen LogP contribution in [0.3, 0.4) is 0 Å². The molecule has 0 saturated heterocycles. The molecule has 1 aliphatic heterocycles. The molecule has 2 rings (SSSR count). The molecule has 0 amide bonds. The van der Waals surface area contributed by atoms with Crippen LogP contribution in [-0.2, 0) is 4.74 Å². The number of nitrogens with zero attached hydrogens (tertiary/aromatic N) is 1. The van der Waals surface area contributed by atoms with Gasteiger partial charge in [0.1, 0.15) is 0 Å². The van der Waals surface area contributed by atoms with Gasteiger partial charge < -0.3 is 9.64 Å². The van der Waals surface area contributed by atoms with E-state index in [2.05, 4.69) is 24.4 Å². The number of hydrogen-bond donors (Lipinski definition) is 2. The molecule has 1 fully saturated rings. The van der Waals surface area contributed by atoms with Gasteiger partial charge in [0.2, 0.25) is 0 Å². The van der Waals surface area contributed by atoms with Gasteiger partial charge in [-0.1, -0.05) is 12.8 Å². The summed E-state index contributed by atoms with van der Waals surface area (Å²) in [6.45, 7) is 0.843. The zero-order valence-corrected chi connectivity index (χ0v) is 11.0. The largest absolute Gasteiger partial charge is 0.501 e. The van der Waals surface area contributed by atoms with Gasteiger partial charge in [-0.2, -0.15) is 0 Å². The summed E-state index contributed by atoms with van der Waals surface area (Å²) in [6, 6.07) is 0.222. The van der Waals surface area contributed by atoms with Gasteiger partial charge in [-0.25, -0.2) is 0 Å². The number of rotatable bonds is 4. The topological polar surface area (TPSA) is 50.5 Å². The molecule has 1 unspecified atom stereocenters. The lowest BCUT2D eigenvalue weighted by Gasteiger charge is -2.44. The average Bonchev–Trinajstić information content (AvgIpc) is 2.82. The van der Waals surface area contributed by atoms with Crippen molar-refractivity contribution in [3.8, 4) is 0 Å². The van der Waals surface area contributed by atoms with Crippen molar-refractivity contribution < 1.29 is 4.74 Å². The zero-order valence-electron chi connectivity index (χ0n) is 11.0. The Morgan fingerprint density at radius 1 is 1.35 bits per heavy atom. The second-order valence-corrected chi connectivity index (χ2v) is 5.47. The van der Waals surface area contributed by atoms with Crippen LogP contribution in [0.15, 0.2) is 11.8 Å². The van der Waals surface area contributed by atoms with Crippen LogP contribution in [0.5, 0.6) is 0 Å². The summed E-state index contributed by atoms with van der Waals surface area (Å²) < 4.78 is 5.47. The van der Waals surface area contributed by atoms with Crippen molar-refractivity contribution >= 4 is 0 Å². The van der Waals surface area contributed by atoms with Gasteiger partial charge in [0.15, 0.2) is 0 Å². The standard InChI is InChI=1S/C13H25N3O/c1-16(2)13(7-3-4-8-13)12(15-14)11-6-5-9-17-10-11/h10,12,15H,3-9,14H2,1-2H3. The number of likely N-dealkylation sites (N-methyl/N-ethyl adjacent to an activating group) is 1. The first-order valence-corrected chi connectivity index (χ1v) is 6.65. The van der Waals surface area contributed by atoms with Crippen molar-refractivity contribution in [2.45, 2.75) is 50.1 Å². The lowest BCUT2D eigenvalue weighted by Crippen LogP contribution is -2.60. The van der Waals surface area contributed by atoms with Gasteiger partial charge in [0, 0.05) is 5.54 Å². The molecule has 4 heteroatoms. The van der Waals surface area contributed by atoms with E-state index in [1.807, 2.05) is 6.26 Å².